The number of methoxy groups -OCH3 is 1. The van der Waals surface area contributed by atoms with Gasteiger partial charge in [-0.15, -0.1) is 0 Å². The highest BCUT2D eigenvalue weighted by molar-refractivity contribution is 5.76. The highest BCUT2D eigenvalue weighted by atomic mass is 16.5. The molecule has 30 heavy (non-hydrogen) atoms. The lowest BCUT2D eigenvalue weighted by atomic mass is 9.92. The number of unbranched alkanes of at least 4 members (excludes halogenated alkanes) is 1. The first-order valence-electron chi connectivity index (χ1n) is 10.3. The maximum Gasteiger partial charge on any atom is 0.354 e. The molecule has 0 spiro atoms. The van der Waals surface area contributed by atoms with Crippen LogP contribution in [0.25, 0.3) is 16.7 Å². The second-order valence-electron chi connectivity index (χ2n) is 8.56. The van der Waals surface area contributed by atoms with Gasteiger partial charge in [-0.2, -0.15) is 4.98 Å². The minimum absolute atomic E-state index is 0.0330. The highest BCUT2D eigenvalue weighted by Gasteiger charge is 2.17. The fourth-order valence-corrected chi connectivity index (χ4v) is 3.23. The van der Waals surface area contributed by atoms with Crippen LogP contribution in [0.3, 0.4) is 0 Å². The van der Waals surface area contributed by atoms with E-state index in [-0.39, 0.29) is 11.1 Å². The van der Waals surface area contributed by atoms with Gasteiger partial charge in [0.25, 0.3) is 0 Å². The average Bonchev–Trinajstić information content (AvgIpc) is 3.13. The maximum atomic E-state index is 12.5. The number of aromatic nitrogens is 3. The molecule has 7 nitrogen and oxygen atoms in total. The normalized spacial score (nSPS) is 11.7. The third-order valence-corrected chi connectivity index (χ3v) is 5.11. The van der Waals surface area contributed by atoms with E-state index in [2.05, 4.69) is 42.1 Å². The minimum Gasteiger partial charge on any atom is -0.484 e. The summed E-state index contributed by atoms with van der Waals surface area (Å²) in [5.74, 6) is 0.336. The molecule has 3 aromatic rings. The lowest BCUT2D eigenvalue weighted by molar-refractivity contribution is 0.383. The lowest BCUT2D eigenvalue weighted by Crippen LogP contribution is -2.20. The summed E-state index contributed by atoms with van der Waals surface area (Å²) in [6, 6.07) is 10.0. The van der Waals surface area contributed by atoms with Gasteiger partial charge in [0.15, 0.2) is 5.90 Å². The van der Waals surface area contributed by atoms with Crippen molar-refractivity contribution in [2.75, 3.05) is 13.7 Å². The van der Waals surface area contributed by atoms with Gasteiger partial charge >= 0.3 is 5.69 Å². The topological polar surface area (TPSA) is 95.8 Å². The Labute approximate surface area is 177 Å². The molecule has 160 valence electrons. The van der Waals surface area contributed by atoms with E-state index in [9.17, 15) is 4.79 Å². The largest absolute Gasteiger partial charge is 0.484 e. The van der Waals surface area contributed by atoms with E-state index in [0.717, 1.165) is 48.3 Å². The molecule has 0 amide bonds. The maximum absolute atomic E-state index is 12.5. The fraction of sp³-hybridized carbons (Fsp3) is 0.435. The monoisotopic (exact) mass is 409 g/mol. The Bertz CT molecular complexity index is 1060. The van der Waals surface area contributed by atoms with Gasteiger partial charge in [0.2, 0.25) is 0 Å². The minimum atomic E-state index is -0.294. The molecular formula is C23H31N5O2. The molecule has 0 bridgehead atoms. The Kier molecular flexibility index (Phi) is 6.72. The first-order valence-corrected chi connectivity index (χ1v) is 10.3. The van der Waals surface area contributed by atoms with E-state index < -0.39 is 0 Å². The fourth-order valence-electron chi connectivity index (χ4n) is 3.23. The lowest BCUT2D eigenvalue weighted by Gasteiger charge is -2.15. The van der Waals surface area contributed by atoms with Gasteiger partial charge in [-0.25, -0.2) is 4.79 Å². The second-order valence-corrected chi connectivity index (χ2v) is 8.56. The number of hydrogen-bond donors (Lipinski definition) is 3. The van der Waals surface area contributed by atoms with E-state index in [1.807, 2.05) is 30.5 Å². The van der Waals surface area contributed by atoms with Crippen LogP contribution in [0.4, 0.5) is 0 Å². The van der Waals surface area contributed by atoms with Crippen LogP contribution in [-0.4, -0.2) is 34.1 Å². The third kappa shape index (κ3) is 5.36. The quantitative estimate of drug-likeness (QED) is 0.299. The molecule has 0 saturated carbocycles. The van der Waals surface area contributed by atoms with Gasteiger partial charge in [-0.1, -0.05) is 32.9 Å². The van der Waals surface area contributed by atoms with Crippen LogP contribution < -0.4 is 11.0 Å². The van der Waals surface area contributed by atoms with Crippen LogP contribution in [-0.2, 0) is 16.7 Å². The smallest absolute Gasteiger partial charge is 0.354 e. The molecule has 3 N–H and O–H groups in total. The van der Waals surface area contributed by atoms with Crippen molar-refractivity contribution in [1.82, 2.24) is 19.9 Å². The molecule has 0 radical (unpaired) electrons. The van der Waals surface area contributed by atoms with Crippen molar-refractivity contribution in [3.8, 4) is 5.69 Å². The molecular weight excluding hydrogens is 378 g/mol. The van der Waals surface area contributed by atoms with Crippen molar-refractivity contribution in [3.63, 3.8) is 0 Å². The van der Waals surface area contributed by atoms with Crippen molar-refractivity contribution < 1.29 is 4.74 Å². The molecule has 0 saturated heterocycles. The Morgan fingerprint density at radius 3 is 2.63 bits per heavy atom. The summed E-state index contributed by atoms with van der Waals surface area (Å²) in [5.41, 5.74) is 3.31. The Morgan fingerprint density at radius 1 is 1.23 bits per heavy atom. The van der Waals surface area contributed by atoms with Crippen LogP contribution in [0.5, 0.6) is 0 Å². The number of rotatable bonds is 8. The number of benzene rings is 1. The van der Waals surface area contributed by atoms with Crippen molar-refractivity contribution in [1.29, 1.82) is 5.41 Å². The van der Waals surface area contributed by atoms with Crippen LogP contribution >= 0.6 is 0 Å². The van der Waals surface area contributed by atoms with Gasteiger partial charge in [0.05, 0.1) is 12.8 Å². The highest BCUT2D eigenvalue weighted by Crippen LogP contribution is 2.24. The van der Waals surface area contributed by atoms with E-state index in [1.165, 1.54) is 7.11 Å². The molecule has 0 aliphatic carbocycles. The predicted molar refractivity (Wildman–Crippen MR) is 121 cm³/mol. The van der Waals surface area contributed by atoms with Gasteiger partial charge in [-0.05, 0) is 43.1 Å². The summed E-state index contributed by atoms with van der Waals surface area (Å²) in [7, 11) is 1.54. The Balaban J connectivity index is 1.63. The first kappa shape index (κ1) is 21.8. The van der Waals surface area contributed by atoms with Crippen molar-refractivity contribution in [2.45, 2.75) is 52.0 Å². The number of ether oxygens (including phenoxy) is 1. The average molecular weight is 410 g/mol. The molecule has 1 aromatic carbocycles. The molecule has 0 unspecified atom stereocenters. The van der Waals surface area contributed by atoms with Gasteiger partial charge < -0.3 is 15.0 Å². The number of aromatic amines is 1. The van der Waals surface area contributed by atoms with E-state index in [1.54, 1.807) is 4.57 Å². The predicted octanol–water partition coefficient (Wildman–Crippen LogP) is 3.89. The van der Waals surface area contributed by atoms with Gasteiger partial charge in [0, 0.05) is 35.7 Å². The Morgan fingerprint density at radius 2 is 1.97 bits per heavy atom. The first-order chi connectivity index (χ1) is 14.3. The molecule has 0 fully saturated rings. The molecule has 0 aliphatic rings. The standard InChI is InChI=1S/C23H31N5O2/c1-23(2,3)19-13-17-15-28(22(29)27-21(17)26-19)18-10-8-16(9-11-18)14-25-12-6-5-7-20(24)30-4/h8-11,13,15,24-25H,5-7,12,14H2,1-4H3,(H,26,27,29). The van der Waals surface area contributed by atoms with Crippen LogP contribution in [0, 0.1) is 5.41 Å². The van der Waals surface area contributed by atoms with Crippen molar-refractivity contribution in [3.05, 3.63) is 58.3 Å². The van der Waals surface area contributed by atoms with E-state index >= 15 is 0 Å². The number of hydrogen-bond acceptors (Lipinski definition) is 5. The summed E-state index contributed by atoms with van der Waals surface area (Å²) in [6.07, 6.45) is 4.46. The molecule has 0 atom stereocenters. The van der Waals surface area contributed by atoms with Gasteiger partial charge in [-0.3, -0.25) is 9.98 Å². The molecule has 2 heterocycles. The summed E-state index contributed by atoms with van der Waals surface area (Å²) in [4.78, 5) is 20.0. The van der Waals surface area contributed by atoms with Gasteiger partial charge in [0.1, 0.15) is 5.65 Å². The summed E-state index contributed by atoms with van der Waals surface area (Å²) >= 11 is 0. The Hall–Kier alpha value is -2.93. The molecule has 0 aliphatic heterocycles. The number of fused-ring (bicyclic) bond motifs is 1. The SMILES string of the molecule is COC(=N)CCCCNCc1ccc(-n2cc3cc(C(C)(C)C)[nH]c3nc2=O)cc1. The molecule has 7 heteroatoms. The molecule has 3 rings (SSSR count). The molecule has 2 aromatic heterocycles. The zero-order valence-corrected chi connectivity index (χ0v) is 18.2. The zero-order valence-electron chi connectivity index (χ0n) is 18.2. The number of nitrogens with one attached hydrogen (secondary N) is 3. The summed E-state index contributed by atoms with van der Waals surface area (Å²) < 4.78 is 6.44. The van der Waals surface area contributed by atoms with Crippen LogP contribution in [0.1, 0.15) is 51.3 Å². The zero-order chi connectivity index (χ0) is 21.7. The summed E-state index contributed by atoms with van der Waals surface area (Å²) in [6.45, 7) is 8.04. The van der Waals surface area contributed by atoms with Crippen molar-refractivity contribution in [2.24, 2.45) is 0 Å². The van der Waals surface area contributed by atoms with Crippen LogP contribution in [0.2, 0.25) is 0 Å². The third-order valence-electron chi connectivity index (χ3n) is 5.11. The van der Waals surface area contributed by atoms with E-state index in [4.69, 9.17) is 10.1 Å². The van der Waals surface area contributed by atoms with Crippen LogP contribution in [0.15, 0.2) is 41.3 Å². The van der Waals surface area contributed by atoms with Crippen molar-refractivity contribution >= 4 is 16.9 Å². The van der Waals surface area contributed by atoms with E-state index in [0.29, 0.717) is 18.0 Å². The summed E-state index contributed by atoms with van der Waals surface area (Å²) in [5, 5.41) is 11.8. The number of nitrogens with zero attached hydrogens (tertiary/aromatic N) is 2. The number of H-pyrrole nitrogens is 1. The second kappa shape index (κ2) is 9.26.